The minimum absolute atomic E-state index is 0.0125. The Morgan fingerprint density at radius 1 is 1.67 bits per heavy atom. The molecule has 1 aromatic carbocycles. The number of hydrogen-bond acceptors (Lipinski definition) is 3. The van der Waals surface area contributed by atoms with Crippen molar-refractivity contribution >= 4 is 28.8 Å². The van der Waals surface area contributed by atoms with Crippen molar-refractivity contribution < 1.29 is 9.31 Å². The zero-order valence-electron chi connectivity index (χ0n) is 7.48. The normalized spacial score (nSPS) is 11.5. The van der Waals surface area contributed by atoms with Crippen molar-refractivity contribution in [1.29, 1.82) is 0 Å². The summed E-state index contributed by atoms with van der Waals surface area (Å²) in [4.78, 5) is 13.2. The third-order valence-electron chi connectivity index (χ3n) is 1.54. The highest BCUT2D eigenvalue weighted by molar-refractivity contribution is 6.28. The first-order chi connectivity index (χ1) is 7.04. The van der Waals surface area contributed by atoms with Gasteiger partial charge in [0.25, 0.3) is 0 Å². The van der Waals surface area contributed by atoms with Crippen LogP contribution in [0.2, 0.25) is 0 Å². The predicted octanol–water partition coefficient (Wildman–Crippen LogP) is 1.96. The van der Waals surface area contributed by atoms with Gasteiger partial charge < -0.3 is 5.73 Å². The first kappa shape index (κ1) is 11.4. The zero-order chi connectivity index (χ0) is 11.4. The van der Waals surface area contributed by atoms with Gasteiger partial charge >= 0.3 is 5.69 Å². The summed E-state index contributed by atoms with van der Waals surface area (Å²) in [6.45, 7) is 0. The maximum Gasteiger partial charge on any atom is 0.304 e. The number of halogens is 2. The number of amidine groups is 1. The fourth-order valence-corrected chi connectivity index (χ4v) is 0.969. The van der Waals surface area contributed by atoms with Crippen molar-refractivity contribution in [1.82, 2.24) is 0 Å². The number of nitro groups is 1. The second kappa shape index (κ2) is 4.70. The van der Waals surface area contributed by atoms with E-state index < -0.39 is 16.4 Å². The Labute approximate surface area is 89.5 Å². The first-order valence-corrected chi connectivity index (χ1v) is 4.41. The molecule has 0 aliphatic carbocycles. The van der Waals surface area contributed by atoms with Crippen molar-refractivity contribution in [2.45, 2.75) is 0 Å². The van der Waals surface area contributed by atoms with Gasteiger partial charge in [-0.2, -0.15) is 4.39 Å². The Morgan fingerprint density at radius 2 is 2.33 bits per heavy atom. The molecule has 0 amide bonds. The monoisotopic (exact) mass is 231 g/mol. The molecule has 1 aromatic rings. The maximum atomic E-state index is 13.1. The van der Waals surface area contributed by atoms with E-state index in [0.29, 0.717) is 0 Å². The van der Waals surface area contributed by atoms with E-state index >= 15 is 0 Å². The van der Waals surface area contributed by atoms with Crippen molar-refractivity contribution in [2.75, 3.05) is 5.88 Å². The summed E-state index contributed by atoms with van der Waals surface area (Å²) in [6.07, 6.45) is 0. The van der Waals surface area contributed by atoms with Crippen molar-refractivity contribution in [3.63, 3.8) is 0 Å². The Bertz CT molecular complexity index is 422. The topological polar surface area (TPSA) is 81.5 Å². The highest BCUT2D eigenvalue weighted by atomic mass is 35.5. The SMILES string of the molecule is NC(CCl)=Nc1ccc([N+](=O)[O-])c(F)c1. The van der Waals surface area contributed by atoms with Gasteiger partial charge in [0, 0.05) is 12.1 Å². The van der Waals surface area contributed by atoms with Crippen LogP contribution in [-0.4, -0.2) is 16.6 Å². The van der Waals surface area contributed by atoms with Crippen LogP contribution in [0, 0.1) is 15.9 Å². The summed E-state index contributed by atoms with van der Waals surface area (Å²) in [5.74, 6) is -0.827. The van der Waals surface area contributed by atoms with Crippen LogP contribution in [0.5, 0.6) is 0 Å². The molecule has 0 atom stereocenters. The molecule has 0 aliphatic heterocycles. The lowest BCUT2D eigenvalue weighted by molar-refractivity contribution is -0.387. The molecule has 0 unspecified atom stereocenters. The number of alkyl halides is 1. The molecule has 2 N–H and O–H groups in total. The van der Waals surface area contributed by atoms with Gasteiger partial charge in [-0.15, -0.1) is 11.6 Å². The average Bonchev–Trinajstić information content (AvgIpc) is 2.17. The molecule has 7 heteroatoms. The summed E-state index contributed by atoms with van der Waals surface area (Å²) in [7, 11) is 0. The van der Waals surface area contributed by atoms with E-state index in [9.17, 15) is 14.5 Å². The van der Waals surface area contributed by atoms with Crippen molar-refractivity contribution in [2.24, 2.45) is 10.7 Å². The number of nitro benzene ring substituents is 1. The van der Waals surface area contributed by atoms with Crippen LogP contribution in [0.15, 0.2) is 23.2 Å². The van der Waals surface area contributed by atoms with Crippen LogP contribution in [0.1, 0.15) is 0 Å². The standard InChI is InChI=1S/C8H7ClFN3O2/c9-4-8(11)12-5-1-2-7(13(14)15)6(10)3-5/h1-3H,4H2,(H2,11,12). The smallest absolute Gasteiger partial charge is 0.304 e. The molecular formula is C8H7ClFN3O2. The Kier molecular flexibility index (Phi) is 3.56. The van der Waals surface area contributed by atoms with Gasteiger partial charge in [-0.1, -0.05) is 0 Å². The lowest BCUT2D eigenvalue weighted by Gasteiger charge is -1.97. The minimum Gasteiger partial charge on any atom is -0.386 e. The van der Waals surface area contributed by atoms with E-state index in [-0.39, 0.29) is 17.4 Å². The summed E-state index contributed by atoms with van der Waals surface area (Å²) in [5, 5.41) is 10.3. The molecular weight excluding hydrogens is 225 g/mol. The summed E-state index contributed by atoms with van der Waals surface area (Å²) < 4.78 is 13.1. The Hall–Kier alpha value is -1.69. The second-order valence-electron chi connectivity index (χ2n) is 2.63. The lowest BCUT2D eigenvalue weighted by Crippen LogP contribution is -2.12. The maximum absolute atomic E-state index is 13.1. The van der Waals surface area contributed by atoms with Crippen molar-refractivity contribution in [3.05, 3.63) is 34.1 Å². The average molecular weight is 232 g/mol. The molecule has 0 saturated heterocycles. The van der Waals surface area contributed by atoms with E-state index in [1.54, 1.807) is 0 Å². The van der Waals surface area contributed by atoms with Crippen LogP contribution in [0.25, 0.3) is 0 Å². The molecule has 0 heterocycles. The van der Waals surface area contributed by atoms with E-state index in [1.165, 1.54) is 6.07 Å². The van der Waals surface area contributed by atoms with Gasteiger partial charge in [-0.3, -0.25) is 10.1 Å². The third-order valence-corrected chi connectivity index (χ3v) is 1.81. The number of nitrogens with two attached hydrogens (primary N) is 1. The first-order valence-electron chi connectivity index (χ1n) is 3.87. The molecule has 15 heavy (non-hydrogen) atoms. The Morgan fingerprint density at radius 3 is 2.80 bits per heavy atom. The second-order valence-corrected chi connectivity index (χ2v) is 2.90. The summed E-state index contributed by atoms with van der Waals surface area (Å²) >= 11 is 5.37. The van der Waals surface area contributed by atoms with E-state index in [4.69, 9.17) is 17.3 Å². The third kappa shape index (κ3) is 2.88. The molecule has 80 valence electrons. The summed E-state index contributed by atoms with van der Waals surface area (Å²) in [6, 6.07) is 3.24. The largest absolute Gasteiger partial charge is 0.386 e. The van der Waals surface area contributed by atoms with E-state index in [2.05, 4.69) is 4.99 Å². The molecule has 0 radical (unpaired) electrons. The van der Waals surface area contributed by atoms with Gasteiger partial charge in [0.05, 0.1) is 16.5 Å². The number of rotatable bonds is 3. The molecule has 0 fully saturated rings. The number of aliphatic imine (C=N–C) groups is 1. The molecule has 0 spiro atoms. The van der Waals surface area contributed by atoms with Gasteiger partial charge in [-0.05, 0) is 6.07 Å². The fourth-order valence-electron chi connectivity index (χ4n) is 0.909. The highest BCUT2D eigenvalue weighted by Crippen LogP contribution is 2.22. The molecule has 0 aromatic heterocycles. The fraction of sp³-hybridized carbons (Fsp3) is 0.125. The van der Waals surface area contributed by atoms with Crippen LogP contribution >= 0.6 is 11.6 Å². The molecule has 0 aliphatic rings. The number of hydrogen-bond donors (Lipinski definition) is 1. The highest BCUT2D eigenvalue weighted by Gasteiger charge is 2.13. The van der Waals surface area contributed by atoms with E-state index in [1.807, 2.05) is 0 Å². The van der Waals surface area contributed by atoms with Gasteiger partial charge in [0.1, 0.15) is 5.84 Å². The van der Waals surface area contributed by atoms with Crippen LogP contribution in [0.4, 0.5) is 15.8 Å². The van der Waals surface area contributed by atoms with Gasteiger partial charge in [0.15, 0.2) is 0 Å². The minimum atomic E-state index is -0.955. The van der Waals surface area contributed by atoms with Crippen LogP contribution in [-0.2, 0) is 0 Å². The molecule has 0 bridgehead atoms. The summed E-state index contributed by atoms with van der Waals surface area (Å²) in [5.41, 5.74) is 4.91. The lowest BCUT2D eigenvalue weighted by atomic mass is 10.3. The molecule has 1 rings (SSSR count). The molecule has 0 saturated carbocycles. The predicted molar refractivity (Wildman–Crippen MR) is 55.1 cm³/mol. The Balaban J connectivity index is 3.07. The number of nitrogens with zero attached hydrogens (tertiary/aromatic N) is 2. The van der Waals surface area contributed by atoms with Crippen molar-refractivity contribution in [3.8, 4) is 0 Å². The van der Waals surface area contributed by atoms with Crippen LogP contribution < -0.4 is 5.73 Å². The number of benzene rings is 1. The van der Waals surface area contributed by atoms with Gasteiger partial charge in [-0.25, -0.2) is 4.99 Å². The van der Waals surface area contributed by atoms with Crippen LogP contribution in [0.3, 0.4) is 0 Å². The zero-order valence-corrected chi connectivity index (χ0v) is 8.24. The van der Waals surface area contributed by atoms with Gasteiger partial charge in [0.2, 0.25) is 5.82 Å². The van der Waals surface area contributed by atoms with E-state index in [0.717, 1.165) is 12.1 Å². The molecule has 5 nitrogen and oxygen atoms in total. The quantitative estimate of drug-likeness (QED) is 0.284.